The van der Waals surface area contributed by atoms with Gasteiger partial charge in [0.1, 0.15) is 0 Å². The third-order valence-electron chi connectivity index (χ3n) is 3.61. The Morgan fingerprint density at radius 2 is 2.14 bits per heavy atom. The van der Waals surface area contributed by atoms with E-state index in [9.17, 15) is 4.79 Å². The first-order valence-corrected chi connectivity index (χ1v) is 5.45. The van der Waals surface area contributed by atoms with Crippen molar-refractivity contribution in [1.82, 2.24) is 10.9 Å². The van der Waals surface area contributed by atoms with Gasteiger partial charge >= 0.3 is 5.97 Å². The number of hydrogen-bond acceptors (Lipinski definition) is 3. The second-order valence-electron chi connectivity index (χ2n) is 4.55. The maximum absolute atomic E-state index is 10.9. The van der Waals surface area contributed by atoms with Crippen LogP contribution < -0.4 is 10.9 Å². The number of hydrazine groups is 1. The van der Waals surface area contributed by atoms with Crippen LogP contribution in [0.2, 0.25) is 0 Å². The highest BCUT2D eigenvalue weighted by molar-refractivity contribution is 5.69. The van der Waals surface area contributed by atoms with Gasteiger partial charge in [-0.05, 0) is 32.1 Å². The Labute approximate surface area is 84.0 Å². The Morgan fingerprint density at radius 1 is 1.29 bits per heavy atom. The summed E-state index contributed by atoms with van der Waals surface area (Å²) in [6.07, 6.45) is 5.95. The number of carbonyl (C=O) groups is 1. The van der Waals surface area contributed by atoms with Crippen molar-refractivity contribution < 1.29 is 9.90 Å². The molecule has 2 fully saturated rings. The topological polar surface area (TPSA) is 61.4 Å². The molecule has 0 aromatic heterocycles. The van der Waals surface area contributed by atoms with Gasteiger partial charge in [-0.25, -0.2) is 0 Å². The predicted molar refractivity (Wildman–Crippen MR) is 52.7 cm³/mol. The van der Waals surface area contributed by atoms with Crippen LogP contribution in [0.25, 0.3) is 0 Å². The molecule has 1 aliphatic heterocycles. The molecule has 1 saturated carbocycles. The number of carboxylic acid groups (broad SMARTS) is 1. The molecule has 1 aliphatic carbocycles. The van der Waals surface area contributed by atoms with Crippen LogP contribution in [0.15, 0.2) is 0 Å². The van der Waals surface area contributed by atoms with Gasteiger partial charge in [0.2, 0.25) is 0 Å². The van der Waals surface area contributed by atoms with E-state index in [-0.39, 0.29) is 11.5 Å². The highest BCUT2D eigenvalue weighted by Crippen LogP contribution is 2.33. The van der Waals surface area contributed by atoms with E-state index in [0.717, 1.165) is 45.1 Å². The van der Waals surface area contributed by atoms with Crippen molar-refractivity contribution in [2.75, 3.05) is 6.54 Å². The van der Waals surface area contributed by atoms with E-state index < -0.39 is 5.97 Å². The monoisotopic (exact) mass is 198 g/mol. The van der Waals surface area contributed by atoms with Crippen LogP contribution in [0.1, 0.15) is 38.5 Å². The zero-order valence-electron chi connectivity index (χ0n) is 8.38. The van der Waals surface area contributed by atoms with E-state index in [1.54, 1.807) is 0 Å². The number of nitrogens with one attached hydrogen (secondary N) is 2. The third-order valence-corrected chi connectivity index (χ3v) is 3.61. The first-order chi connectivity index (χ1) is 6.72. The van der Waals surface area contributed by atoms with E-state index in [0.29, 0.717) is 0 Å². The second kappa shape index (κ2) is 3.87. The van der Waals surface area contributed by atoms with Crippen LogP contribution in [0.4, 0.5) is 0 Å². The molecular formula is C10H18N2O2. The maximum Gasteiger partial charge on any atom is 0.306 e. The van der Waals surface area contributed by atoms with Gasteiger partial charge in [0.15, 0.2) is 0 Å². The van der Waals surface area contributed by atoms with Crippen LogP contribution in [-0.2, 0) is 4.79 Å². The quantitative estimate of drug-likeness (QED) is 0.585. The molecule has 0 aromatic carbocycles. The van der Waals surface area contributed by atoms with Crippen LogP contribution in [-0.4, -0.2) is 23.2 Å². The third kappa shape index (κ3) is 1.91. The van der Waals surface area contributed by atoms with Crippen molar-refractivity contribution >= 4 is 5.97 Å². The summed E-state index contributed by atoms with van der Waals surface area (Å²) in [5.74, 6) is -0.732. The molecule has 2 rings (SSSR count). The Kier molecular flexibility index (Phi) is 2.74. The van der Waals surface area contributed by atoms with Gasteiger partial charge in [0, 0.05) is 12.1 Å². The van der Waals surface area contributed by atoms with Gasteiger partial charge in [-0.2, -0.15) is 0 Å². The zero-order valence-corrected chi connectivity index (χ0v) is 8.38. The fraction of sp³-hybridized carbons (Fsp3) is 0.900. The van der Waals surface area contributed by atoms with Crippen molar-refractivity contribution in [2.45, 2.75) is 44.1 Å². The molecule has 2 aliphatic rings. The summed E-state index contributed by atoms with van der Waals surface area (Å²) in [6.45, 7) is 1.01. The molecule has 4 nitrogen and oxygen atoms in total. The second-order valence-corrected chi connectivity index (χ2v) is 4.55. The highest BCUT2D eigenvalue weighted by atomic mass is 16.4. The number of hydrogen-bond donors (Lipinski definition) is 3. The summed E-state index contributed by atoms with van der Waals surface area (Å²) >= 11 is 0. The molecule has 0 amide bonds. The van der Waals surface area contributed by atoms with Crippen molar-refractivity contribution in [1.29, 1.82) is 0 Å². The lowest BCUT2D eigenvalue weighted by atomic mass is 9.88. The number of aliphatic carboxylic acids is 1. The van der Waals surface area contributed by atoms with Gasteiger partial charge in [0.25, 0.3) is 0 Å². The molecule has 0 radical (unpaired) electrons. The lowest BCUT2D eigenvalue weighted by Crippen LogP contribution is -2.43. The molecule has 4 heteroatoms. The normalized spacial score (nSPS) is 38.4. The Balaban J connectivity index is 1.97. The molecular weight excluding hydrogens is 180 g/mol. The summed E-state index contributed by atoms with van der Waals surface area (Å²) in [5, 5.41) is 8.96. The van der Waals surface area contributed by atoms with Crippen molar-refractivity contribution in [3.63, 3.8) is 0 Å². The lowest BCUT2D eigenvalue weighted by Gasteiger charge is -2.26. The molecule has 80 valence electrons. The highest BCUT2D eigenvalue weighted by Gasteiger charge is 2.36. The van der Waals surface area contributed by atoms with E-state index in [2.05, 4.69) is 10.9 Å². The maximum atomic E-state index is 10.9. The summed E-state index contributed by atoms with van der Waals surface area (Å²) < 4.78 is 0. The van der Waals surface area contributed by atoms with Gasteiger partial charge in [-0.3, -0.25) is 15.6 Å². The molecule has 1 heterocycles. The minimum Gasteiger partial charge on any atom is -0.481 e. The molecule has 3 N–H and O–H groups in total. The van der Waals surface area contributed by atoms with E-state index in [1.807, 2.05) is 0 Å². The summed E-state index contributed by atoms with van der Waals surface area (Å²) in [4.78, 5) is 10.9. The molecule has 2 unspecified atom stereocenters. The lowest BCUT2D eigenvalue weighted by molar-refractivity contribution is -0.142. The molecule has 1 saturated heterocycles. The van der Waals surface area contributed by atoms with Gasteiger partial charge in [-0.15, -0.1) is 0 Å². The summed E-state index contributed by atoms with van der Waals surface area (Å²) in [7, 11) is 0. The predicted octanol–water partition coefficient (Wildman–Crippen LogP) is 0.888. The molecule has 0 aromatic rings. The van der Waals surface area contributed by atoms with Gasteiger partial charge in [0.05, 0.1) is 5.92 Å². The molecule has 2 atom stereocenters. The Bertz CT molecular complexity index is 224. The molecule has 1 spiro atoms. The minimum atomic E-state index is -0.618. The molecule has 0 bridgehead atoms. The minimum absolute atomic E-state index is 0.114. The van der Waals surface area contributed by atoms with Crippen LogP contribution in [0.5, 0.6) is 0 Å². The van der Waals surface area contributed by atoms with Crippen LogP contribution in [0.3, 0.4) is 0 Å². The van der Waals surface area contributed by atoms with E-state index >= 15 is 0 Å². The first-order valence-electron chi connectivity index (χ1n) is 5.45. The standard InChI is InChI=1S/C10H18N2O2/c13-9(14)8-2-1-4-10(5-3-8)6-7-11-12-10/h8,11-12H,1-7H2,(H,13,14). The van der Waals surface area contributed by atoms with Crippen molar-refractivity contribution in [3.05, 3.63) is 0 Å². The number of carboxylic acids is 1. The summed E-state index contributed by atoms with van der Waals surface area (Å²) in [5.41, 5.74) is 6.68. The summed E-state index contributed by atoms with van der Waals surface area (Å²) in [6, 6.07) is 0. The fourth-order valence-electron chi connectivity index (χ4n) is 2.64. The van der Waals surface area contributed by atoms with E-state index in [1.165, 1.54) is 0 Å². The van der Waals surface area contributed by atoms with Crippen molar-refractivity contribution in [2.24, 2.45) is 5.92 Å². The average Bonchev–Trinajstić information content (AvgIpc) is 2.47. The van der Waals surface area contributed by atoms with Crippen LogP contribution >= 0.6 is 0 Å². The smallest absolute Gasteiger partial charge is 0.306 e. The fourth-order valence-corrected chi connectivity index (χ4v) is 2.64. The number of rotatable bonds is 1. The van der Waals surface area contributed by atoms with Crippen LogP contribution in [0, 0.1) is 5.92 Å². The zero-order chi connectivity index (χ0) is 10.0. The van der Waals surface area contributed by atoms with Crippen molar-refractivity contribution in [3.8, 4) is 0 Å². The van der Waals surface area contributed by atoms with E-state index in [4.69, 9.17) is 5.11 Å². The van der Waals surface area contributed by atoms with Gasteiger partial charge in [-0.1, -0.05) is 6.42 Å². The average molecular weight is 198 g/mol. The largest absolute Gasteiger partial charge is 0.481 e. The Hall–Kier alpha value is -0.610. The molecule has 14 heavy (non-hydrogen) atoms. The van der Waals surface area contributed by atoms with Gasteiger partial charge < -0.3 is 5.11 Å². The SMILES string of the molecule is O=C(O)C1CCCC2(CCNN2)CC1. The first kappa shape index (κ1) is 9.93. The Morgan fingerprint density at radius 3 is 2.79 bits per heavy atom.